The van der Waals surface area contributed by atoms with Gasteiger partial charge in [-0.05, 0) is 48.7 Å². The van der Waals surface area contributed by atoms with Gasteiger partial charge in [-0.15, -0.1) is 0 Å². The Balaban J connectivity index is 1.26. The lowest BCUT2D eigenvalue weighted by Crippen LogP contribution is -2.49. The molecule has 5 nitrogen and oxygen atoms in total. The highest BCUT2D eigenvalue weighted by atomic mass is 19.1. The van der Waals surface area contributed by atoms with Crippen molar-refractivity contribution in [3.05, 3.63) is 48.0 Å². The largest absolute Gasteiger partial charge is 0.508 e. The van der Waals surface area contributed by atoms with Gasteiger partial charge < -0.3 is 19.5 Å². The van der Waals surface area contributed by atoms with Crippen LogP contribution in [-0.4, -0.2) is 62.1 Å². The molecule has 2 aliphatic rings. The molecular formula is C22H27FN2O3. The minimum Gasteiger partial charge on any atom is -0.508 e. The van der Waals surface area contributed by atoms with Gasteiger partial charge in [-0.2, -0.15) is 0 Å². The molecule has 1 atom stereocenters. The first-order chi connectivity index (χ1) is 13.7. The number of rotatable bonds is 6. The van der Waals surface area contributed by atoms with Gasteiger partial charge in [0.2, 0.25) is 0 Å². The molecule has 2 aromatic rings. The lowest BCUT2D eigenvalue weighted by atomic mass is 10.0. The zero-order chi connectivity index (χ0) is 19.3. The Labute approximate surface area is 165 Å². The summed E-state index contributed by atoms with van der Waals surface area (Å²) < 4.78 is 23.6. The molecular weight excluding hydrogens is 359 g/mol. The number of phenols is 1. The normalized spacial score (nSPS) is 19.8. The molecule has 0 aromatic heterocycles. The van der Waals surface area contributed by atoms with E-state index in [4.69, 9.17) is 9.47 Å². The number of ether oxygens (including phenoxy) is 2. The Morgan fingerprint density at radius 3 is 2.61 bits per heavy atom. The van der Waals surface area contributed by atoms with Crippen LogP contribution < -0.4 is 14.4 Å². The van der Waals surface area contributed by atoms with Gasteiger partial charge in [0.15, 0.2) is 0 Å². The van der Waals surface area contributed by atoms with Crippen molar-refractivity contribution < 1.29 is 19.0 Å². The van der Waals surface area contributed by atoms with Gasteiger partial charge in [-0.25, -0.2) is 4.39 Å². The molecule has 0 saturated carbocycles. The second-order valence-corrected chi connectivity index (χ2v) is 7.39. The summed E-state index contributed by atoms with van der Waals surface area (Å²) in [5.74, 6) is 1.79. The van der Waals surface area contributed by atoms with Gasteiger partial charge >= 0.3 is 0 Å². The maximum absolute atomic E-state index is 12.2. The minimum absolute atomic E-state index is 0.103. The topological polar surface area (TPSA) is 45.2 Å². The first-order valence-corrected chi connectivity index (χ1v) is 9.96. The molecule has 150 valence electrons. The number of phenolic OH excluding ortho intramolecular Hbond substituents is 1. The summed E-state index contributed by atoms with van der Waals surface area (Å²) in [6, 6.07) is 13.3. The predicted molar refractivity (Wildman–Crippen MR) is 107 cm³/mol. The molecule has 0 unspecified atom stereocenters. The van der Waals surface area contributed by atoms with E-state index in [-0.39, 0.29) is 18.5 Å². The molecule has 1 saturated heterocycles. The van der Waals surface area contributed by atoms with Crippen LogP contribution in [0.5, 0.6) is 17.2 Å². The molecule has 1 fully saturated rings. The van der Waals surface area contributed by atoms with Crippen molar-refractivity contribution in [1.82, 2.24) is 4.90 Å². The molecule has 0 bridgehead atoms. The van der Waals surface area contributed by atoms with Crippen LogP contribution >= 0.6 is 0 Å². The van der Waals surface area contributed by atoms with Crippen LogP contribution in [0.3, 0.4) is 0 Å². The number of fused-ring (bicyclic) bond motifs is 1. The fourth-order valence-corrected chi connectivity index (χ4v) is 3.93. The molecule has 4 rings (SSSR count). The molecule has 28 heavy (non-hydrogen) atoms. The second-order valence-electron chi connectivity index (χ2n) is 7.39. The number of hydrogen-bond donors (Lipinski definition) is 1. The molecule has 0 spiro atoms. The van der Waals surface area contributed by atoms with Crippen molar-refractivity contribution in [2.45, 2.75) is 18.9 Å². The number of alkyl halides is 1. The monoisotopic (exact) mass is 386 g/mol. The van der Waals surface area contributed by atoms with E-state index in [0.29, 0.717) is 5.75 Å². The van der Waals surface area contributed by atoms with Crippen LogP contribution in [0.15, 0.2) is 42.5 Å². The van der Waals surface area contributed by atoms with Crippen LogP contribution in [-0.2, 0) is 6.42 Å². The summed E-state index contributed by atoms with van der Waals surface area (Å²) in [6.07, 6.45) is 2.18. The summed E-state index contributed by atoms with van der Waals surface area (Å²) in [7, 11) is 0. The summed E-state index contributed by atoms with van der Waals surface area (Å²) in [5.41, 5.74) is 2.35. The SMILES string of the molecule is Oc1ccc2c(c1)O[C@@H](CN1CCN(c3ccc(OCCF)cc3)CC1)CC2. The van der Waals surface area contributed by atoms with Crippen molar-refractivity contribution in [3.63, 3.8) is 0 Å². The van der Waals surface area contributed by atoms with E-state index in [2.05, 4.69) is 9.80 Å². The number of halogens is 1. The fraction of sp³-hybridized carbons (Fsp3) is 0.455. The van der Waals surface area contributed by atoms with Gasteiger partial charge in [-0.3, -0.25) is 4.90 Å². The van der Waals surface area contributed by atoms with E-state index >= 15 is 0 Å². The zero-order valence-corrected chi connectivity index (χ0v) is 16.0. The van der Waals surface area contributed by atoms with Crippen molar-refractivity contribution in [2.75, 3.05) is 50.9 Å². The molecule has 2 aromatic carbocycles. The zero-order valence-electron chi connectivity index (χ0n) is 16.0. The third kappa shape index (κ3) is 4.50. The molecule has 6 heteroatoms. The Morgan fingerprint density at radius 2 is 1.86 bits per heavy atom. The van der Waals surface area contributed by atoms with Crippen molar-refractivity contribution in [2.24, 2.45) is 0 Å². The quantitative estimate of drug-likeness (QED) is 0.826. The first kappa shape index (κ1) is 18.9. The number of aromatic hydroxyl groups is 1. The van der Waals surface area contributed by atoms with Crippen molar-refractivity contribution >= 4 is 5.69 Å². The van der Waals surface area contributed by atoms with Crippen molar-refractivity contribution in [3.8, 4) is 17.2 Å². The van der Waals surface area contributed by atoms with E-state index in [1.807, 2.05) is 30.3 Å². The lowest BCUT2D eigenvalue weighted by Gasteiger charge is -2.38. The number of nitrogens with zero attached hydrogens (tertiary/aromatic N) is 2. The number of hydrogen-bond acceptors (Lipinski definition) is 5. The number of aryl methyl sites for hydroxylation is 1. The maximum Gasteiger partial charge on any atom is 0.126 e. The highest BCUT2D eigenvalue weighted by Gasteiger charge is 2.25. The standard InChI is InChI=1S/C22H27FN2O3/c23-9-14-27-20-7-3-18(4-8-20)25-12-10-24(11-13-25)16-21-6-2-17-1-5-19(26)15-22(17)28-21/h1,3-5,7-8,15,21,26H,2,6,9-14,16H2/t21-/m1/s1. The third-order valence-corrected chi connectivity index (χ3v) is 5.46. The van der Waals surface area contributed by atoms with Crippen LogP contribution in [0.2, 0.25) is 0 Å². The van der Waals surface area contributed by atoms with Crippen LogP contribution in [0, 0.1) is 0 Å². The van der Waals surface area contributed by atoms with Gasteiger partial charge in [0.25, 0.3) is 0 Å². The van der Waals surface area contributed by atoms with E-state index in [1.54, 1.807) is 12.1 Å². The molecule has 2 aliphatic heterocycles. The summed E-state index contributed by atoms with van der Waals surface area (Å²) in [6.45, 7) is 4.47. The van der Waals surface area contributed by atoms with Gasteiger partial charge in [0.05, 0.1) is 0 Å². The van der Waals surface area contributed by atoms with E-state index < -0.39 is 6.67 Å². The fourth-order valence-electron chi connectivity index (χ4n) is 3.93. The van der Waals surface area contributed by atoms with Gasteiger partial charge in [-0.1, -0.05) is 6.07 Å². The Bertz CT molecular complexity index is 776. The second kappa shape index (κ2) is 8.69. The van der Waals surface area contributed by atoms with E-state index in [1.165, 1.54) is 11.3 Å². The van der Waals surface area contributed by atoms with Crippen LogP contribution in [0.4, 0.5) is 10.1 Å². The molecule has 0 radical (unpaired) electrons. The lowest BCUT2D eigenvalue weighted by molar-refractivity contribution is 0.110. The molecule has 2 heterocycles. The maximum atomic E-state index is 12.2. The van der Waals surface area contributed by atoms with E-state index in [9.17, 15) is 9.50 Å². The average Bonchev–Trinajstić information content (AvgIpc) is 2.73. The first-order valence-electron chi connectivity index (χ1n) is 9.96. The highest BCUT2D eigenvalue weighted by molar-refractivity contribution is 5.49. The number of anilines is 1. The predicted octanol–water partition coefficient (Wildman–Crippen LogP) is 3.26. The Kier molecular flexibility index (Phi) is 5.86. The Hall–Kier alpha value is -2.47. The molecule has 1 N–H and O–H groups in total. The molecule has 0 aliphatic carbocycles. The average molecular weight is 386 g/mol. The van der Waals surface area contributed by atoms with Crippen LogP contribution in [0.1, 0.15) is 12.0 Å². The molecule has 0 amide bonds. The van der Waals surface area contributed by atoms with Crippen molar-refractivity contribution in [1.29, 1.82) is 0 Å². The summed E-state index contributed by atoms with van der Waals surface area (Å²) in [4.78, 5) is 4.82. The number of piperazine rings is 1. The Morgan fingerprint density at radius 1 is 1.07 bits per heavy atom. The van der Waals surface area contributed by atoms with E-state index in [0.717, 1.165) is 51.3 Å². The minimum atomic E-state index is -0.471. The summed E-state index contributed by atoms with van der Waals surface area (Å²) >= 11 is 0. The van der Waals surface area contributed by atoms with Crippen LogP contribution in [0.25, 0.3) is 0 Å². The summed E-state index contributed by atoms with van der Waals surface area (Å²) in [5, 5.41) is 9.67. The van der Waals surface area contributed by atoms with Gasteiger partial charge in [0, 0.05) is 44.5 Å². The highest BCUT2D eigenvalue weighted by Crippen LogP contribution is 2.31. The van der Waals surface area contributed by atoms with Gasteiger partial charge in [0.1, 0.15) is 36.6 Å². The third-order valence-electron chi connectivity index (χ3n) is 5.46. The smallest absolute Gasteiger partial charge is 0.126 e. The number of benzene rings is 2.